The molecule has 0 bridgehead atoms. The van der Waals surface area contributed by atoms with Gasteiger partial charge in [-0.15, -0.1) is 0 Å². The van der Waals surface area contributed by atoms with Gasteiger partial charge in [0.15, 0.2) is 15.7 Å². The number of aromatic nitrogens is 2. The smallest absolute Gasteiger partial charge is 0.244 e. The fraction of sp³-hybridized carbons (Fsp3) is 0.500. The molecule has 1 saturated heterocycles. The van der Waals surface area contributed by atoms with Crippen molar-refractivity contribution in [3.63, 3.8) is 0 Å². The van der Waals surface area contributed by atoms with Crippen molar-refractivity contribution in [1.29, 1.82) is 0 Å². The lowest BCUT2D eigenvalue weighted by Crippen LogP contribution is -2.23. The zero-order chi connectivity index (χ0) is 16.3. The molecule has 2 aromatic rings. The van der Waals surface area contributed by atoms with Gasteiger partial charge in [-0.05, 0) is 24.9 Å². The largest absolute Gasteiger partial charge is 0.338 e. The highest BCUT2D eigenvalue weighted by Gasteiger charge is 2.31. The third kappa shape index (κ3) is 3.97. The summed E-state index contributed by atoms with van der Waals surface area (Å²) in [6, 6.07) is 10.3. The summed E-state index contributed by atoms with van der Waals surface area (Å²) in [5.41, 5.74) is 1.24. The van der Waals surface area contributed by atoms with Crippen LogP contribution in [-0.2, 0) is 22.1 Å². The molecule has 7 heteroatoms. The maximum Gasteiger partial charge on any atom is 0.244 e. The first-order chi connectivity index (χ1) is 11.1. The van der Waals surface area contributed by atoms with Crippen LogP contribution in [0.2, 0.25) is 0 Å². The zero-order valence-corrected chi connectivity index (χ0v) is 14.0. The SMILES string of the molecule is CCS(=O)(=O)Cc1noc([C@H]2CCCN2Cc2ccccc2)n1. The van der Waals surface area contributed by atoms with Gasteiger partial charge in [-0.1, -0.05) is 42.4 Å². The highest BCUT2D eigenvalue weighted by molar-refractivity contribution is 7.90. The standard InChI is InChI=1S/C16H21N3O3S/c1-2-23(20,21)12-15-17-16(22-18-15)14-9-6-10-19(14)11-13-7-4-3-5-8-13/h3-5,7-8,14H,2,6,9-12H2,1H3/t14-/m1/s1. The van der Waals surface area contributed by atoms with Gasteiger partial charge >= 0.3 is 0 Å². The van der Waals surface area contributed by atoms with E-state index in [2.05, 4.69) is 27.2 Å². The van der Waals surface area contributed by atoms with E-state index in [4.69, 9.17) is 4.52 Å². The van der Waals surface area contributed by atoms with E-state index in [1.807, 2.05) is 18.2 Å². The van der Waals surface area contributed by atoms with E-state index in [9.17, 15) is 8.42 Å². The third-order valence-electron chi connectivity index (χ3n) is 4.15. The van der Waals surface area contributed by atoms with Gasteiger partial charge in [0.25, 0.3) is 0 Å². The van der Waals surface area contributed by atoms with Crippen molar-refractivity contribution < 1.29 is 12.9 Å². The number of hydrogen-bond donors (Lipinski definition) is 0. The molecule has 1 fully saturated rings. The van der Waals surface area contributed by atoms with Crippen LogP contribution in [0.15, 0.2) is 34.9 Å². The summed E-state index contributed by atoms with van der Waals surface area (Å²) in [6.07, 6.45) is 2.03. The second-order valence-corrected chi connectivity index (χ2v) is 8.19. The van der Waals surface area contributed by atoms with Gasteiger partial charge in [0, 0.05) is 12.3 Å². The molecule has 0 spiro atoms. The molecule has 6 nitrogen and oxygen atoms in total. The van der Waals surface area contributed by atoms with E-state index in [0.29, 0.717) is 5.89 Å². The summed E-state index contributed by atoms with van der Waals surface area (Å²) < 4.78 is 28.7. The lowest BCUT2D eigenvalue weighted by molar-refractivity contribution is 0.201. The van der Waals surface area contributed by atoms with Gasteiger partial charge in [0.1, 0.15) is 5.75 Å². The van der Waals surface area contributed by atoms with Gasteiger partial charge in [0.2, 0.25) is 5.89 Å². The number of benzene rings is 1. The lowest BCUT2D eigenvalue weighted by atomic mass is 10.2. The van der Waals surface area contributed by atoms with Crippen LogP contribution >= 0.6 is 0 Å². The van der Waals surface area contributed by atoms with Crippen LogP contribution in [0, 0.1) is 0 Å². The van der Waals surface area contributed by atoms with E-state index >= 15 is 0 Å². The van der Waals surface area contributed by atoms with Crippen LogP contribution < -0.4 is 0 Å². The maximum atomic E-state index is 11.7. The van der Waals surface area contributed by atoms with Crippen LogP contribution in [0.4, 0.5) is 0 Å². The Kier molecular flexibility index (Phi) is 4.77. The molecule has 3 rings (SSSR count). The van der Waals surface area contributed by atoms with Crippen LogP contribution in [0.3, 0.4) is 0 Å². The molecule has 124 valence electrons. The Balaban J connectivity index is 1.72. The molecule has 1 aromatic heterocycles. The second-order valence-electron chi connectivity index (χ2n) is 5.84. The molecular weight excluding hydrogens is 314 g/mol. The highest BCUT2D eigenvalue weighted by Crippen LogP contribution is 2.32. The molecule has 0 unspecified atom stereocenters. The minimum Gasteiger partial charge on any atom is -0.338 e. The number of hydrogen-bond acceptors (Lipinski definition) is 6. The topological polar surface area (TPSA) is 76.3 Å². The number of rotatable bonds is 6. The summed E-state index contributed by atoms with van der Waals surface area (Å²) in [7, 11) is -3.14. The molecule has 0 N–H and O–H groups in total. The van der Waals surface area contributed by atoms with Gasteiger partial charge < -0.3 is 4.52 Å². The first-order valence-electron chi connectivity index (χ1n) is 7.88. The number of nitrogens with zero attached hydrogens (tertiary/aromatic N) is 3. The zero-order valence-electron chi connectivity index (χ0n) is 13.2. The Bertz CT molecular complexity index is 743. The predicted molar refractivity (Wildman–Crippen MR) is 86.3 cm³/mol. The molecule has 2 heterocycles. The molecule has 1 aliphatic rings. The van der Waals surface area contributed by atoms with Gasteiger partial charge in [-0.25, -0.2) is 8.42 Å². The third-order valence-corrected chi connectivity index (χ3v) is 5.73. The van der Waals surface area contributed by atoms with E-state index < -0.39 is 9.84 Å². The molecule has 1 aromatic carbocycles. The Morgan fingerprint density at radius 3 is 2.83 bits per heavy atom. The first kappa shape index (κ1) is 16.1. The van der Waals surface area contributed by atoms with Crippen LogP contribution in [0.5, 0.6) is 0 Å². The Labute approximate surface area is 136 Å². The molecule has 1 atom stereocenters. The fourth-order valence-corrected chi connectivity index (χ4v) is 3.59. The summed E-state index contributed by atoms with van der Waals surface area (Å²) in [5, 5.41) is 3.84. The van der Waals surface area contributed by atoms with Crippen molar-refractivity contribution in [3.05, 3.63) is 47.6 Å². The van der Waals surface area contributed by atoms with Crippen molar-refractivity contribution in [2.45, 2.75) is 38.1 Å². The van der Waals surface area contributed by atoms with Crippen molar-refractivity contribution in [2.24, 2.45) is 0 Å². The van der Waals surface area contributed by atoms with Crippen LogP contribution in [0.1, 0.15) is 43.1 Å². The Morgan fingerprint density at radius 2 is 2.09 bits per heavy atom. The minimum absolute atomic E-state index is 0.0702. The molecular formula is C16H21N3O3S. The average Bonchev–Trinajstić information content (AvgIpc) is 3.17. The first-order valence-corrected chi connectivity index (χ1v) is 9.70. The second kappa shape index (κ2) is 6.80. The number of sulfone groups is 1. The average molecular weight is 335 g/mol. The summed E-state index contributed by atoms with van der Waals surface area (Å²) in [4.78, 5) is 6.63. The van der Waals surface area contributed by atoms with Crippen LogP contribution in [0.25, 0.3) is 0 Å². The normalized spacial score (nSPS) is 19.3. The van der Waals surface area contributed by atoms with Crippen molar-refractivity contribution in [2.75, 3.05) is 12.3 Å². The molecule has 23 heavy (non-hydrogen) atoms. The Hall–Kier alpha value is -1.73. The minimum atomic E-state index is -3.14. The van der Waals surface area contributed by atoms with Crippen molar-refractivity contribution in [3.8, 4) is 0 Å². The molecule has 1 aliphatic heterocycles. The fourth-order valence-electron chi connectivity index (χ4n) is 2.87. The maximum absolute atomic E-state index is 11.7. The van der Waals surface area contributed by atoms with Crippen molar-refractivity contribution >= 4 is 9.84 Å². The Morgan fingerprint density at radius 1 is 1.30 bits per heavy atom. The van der Waals surface area contributed by atoms with Gasteiger partial charge in [-0.2, -0.15) is 4.98 Å². The van der Waals surface area contributed by atoms with Crippen molar-refractivity contribution in [1.82, 2.24) is 15.0 Å². The van der Waals surface area contributed by atoms with Gasteiger partial charge in [-0.3, -0.25) is 4.90 Å². The van der Waals surface area contributed by atoms with E-state index in [1.54, 1.807) is 6.92 Å². The molecule has 0 radical (unpaired) electrons. The molecule has 0 aliphatic carbocycles. The van der Waals surface area contributed by atoms with Gasteiger partial charge in [0.05, 0.1) is 6.04 Å². The van der Waals surface area contributed by atoms with E-state index in [1.165, 1.54) is 5.56 Å². The molecule has 0 amide bonds. The van der Waals surface area contributed by atoms with E-state index in [0.717, 1.165) is 25.9 Å². The summed E-state index contributed by atoms with van der Waals surface area (Å²) >= 11 is 0. The monoisotopic (exact) mass is 335 g/mol. The molecule has 0 saturated carbocycles. The summed E-state index contributed by atoms with van der Waals surface area (Å²) in [5.74, 6) is 0.715. The lowest BCUT2D eigenvalue weighted by Gasteiger charge is -2.21. The van der Waals surface area contributed by atoms with E-state index in [-0.39, 0.29) is 23.4 Å². The predicted octanol–water partition coefficient (Wildman–Crippen LogP) is 2.34. The summed E-state index contributed by atoms with van der Waals surface area (Å²) in [6.45, 7) is 3.43. The number of likely N-dealkylation sites (tertiary alicyclic amines) is 1. The highest BCUT2D eigenvalue weighted by atomic mass is 32.2. The quantitative estimate of drug-likeness (QED) is 0.806. The van der Waals surface area contributed by atoms with Crippen LogP contribution in [-0.4, -0.2) is 35.8 Å².